The summed E-state index contributed by atoms with van der Waals surface area (Å²) in [5.74, 6) is 0. The van der Waals surface area contributed by atoms with Crippen molar-refractivity contribution < 1.29 is 13.2 Å². The molecule has 0 unspecified atom stereocenters. The lowest BCUT2D eigenvalue weighted by Gasteiger charge is -2.21. The van der Waals surface area contributed by atoms with Crippen LogP contribution in [0.1, 0.15) is 41.0 Å². The summed E-state index contributed by atoms with van der Waals surface area (Å²) < 4.78 is 34.7. The average molecular weight is 170 g/mol. The van der Waals surface area contributed by atoms with E-state index in [-0.39, 0.29) is 0 Å². The zero-order valence-corrected chi connectivity index (χ0v) is 7.84. The Kier molecular flexibility index (Phi) is 5.63. The lowest BCUT2D eigenvalue weighted by Crippen LogP contribution is -2.28. The van der Waals surface area contributed by atoms with Crippen molar-refractivity contribution in [2.24, 2.45) is 5.41 Å². The first kappa shape index (κ1) is 13.4. The molecule has 0 aromatic rings. The van der Waals surface area contributed by atoms with Gasteiger partial charge in [-0.25, -0.2) is 0 Å². The summed E-state index contributed by atoms with van der Waals surface area (Å²) in [4.78, 5) is 0. The van der Waals surface area contributed by atoms with Crippen molar-refractivity contribution in [1.29, 1.82) is 0 Å². The smallest absolute Gasteiger partial charge is 0.171 e. The van der Waals surface area contributed by atoms with E-state index < -0.39 is 11.6 Å². The van der Waals surface area contributed by atoms with Crippen molar-refractivity contribution in [2.45, 2.75) is 47.2 Å². The Hall–Kier alpha value is -0.210. The van der Waals surface area contributed by atoms with E-state index in [1.165, 1.54) is 6.42 Å². The van der Waals surface area contributed by atoms with E-state index in [0.29, 0.717) is 0 Å². The average Bonchev–Trinajstić information content (AvgIpc) is 1.60. The van der Waals surface area contributed by atoms with Gasteiger partial charge < -0.3 is 0 Å². The van der Waals surface area contributed by atoms with Crippen molar-refractivity contribution in [1.82, 2.24) is 0 Å². The maximum atomic E-state index is 11.6. The van der Waals surface area contributed by atoms with Gasteiger partial charge in [0.1, 0.15) is 0 Å². The van der Waals surface area contributed by atoms with Crippen LogP contribution in [-0.2, 0) is 0 Å². The molecule has 0 rings (SSSR count). The summed E-state index contributed by atoms with van der Waals surface area (Å²) in [6, 6.07) is 0. The fourth-order valence-corrected chi connectivity index (χ4v) is 0. The van der Waals surface area contributed by atoms with Gasteiger partial charge in [-0.1, -0.05) is 41.0 Å². The van der Waals surface area contributed by atoms with Crippen molar-refractivity contribution in [3.63, 3.8) is 0 Å². The first-order chi connectivity index (χ1) is 4.66. The fourth-order valence-electron chi connectivity index (χ4n) is 0. The van der Waals surface area contributed by atoms with Gasteiger partial charge in [0.2, 0.25) is 0 Å². The second-order valence-electron chi connectivity index (χ2n) is 3.45. The highest BCUT2D eigenvalue weighted by atomic mass is 19.4. The van der Waals surface area contributed by atoms with Gasteiger partial charge in [-0.05, 0) is 0 Å². The highest BCUT2D eigenvalue weighted by Gasteiger charge is 2.42. The zero-order chi connectivity index (χ0) is 9.71. The summed E-state index contributed by atoms with van der Waals surface area (Å²) in [7, 11) is 0. The van der Waals surface area contributed by atoms with Crippen LogP contribution in [0.5, 0.6) is 0 Å². The maximum Gasteiger partial charge on any atom is 0.393 e. The molecule has 0 amide bonds. The SMILES string of the molecule is CC(C)(C)C(F)(F)F.CCC. The Balaban J connectivity index is 0. The minimum Gasteiger partial charge on any atom is -0.171 e. The van der Waals surface area contributed by atoms with Crippen LogP contribution in [0.15, 0.2) is 0 Å². The lowest BCUT2D eigenvalue weighted by atomic mass is 9.96. The van der Waals surface area contributed by atoms with E-state index in [1.54, 1.807) is 0 Å². The van der Waals surface area contributed by atoms with Crippen molar-refractivity contribution in [2.75, 3.05) is 0 Å². The molecule has 0 aromatic heterocycles. The minimum atomic E-state index is -4.06. The first-order valence-electron chi connectivity index (χ1n) is 3.73. The summed E-state index contributed by atoms with van der Waals surface area (Å²) in [6.07, 6.45) is -2.81. The Morgan fingerprint density at radius 3 is 1.00 bits per heavy atom. The molecule has 0 heterocycles. The van der Waals surface area contributed by atoms with E-state index in [2.05, 4.69) is 13.8 Å². The normalized spacial score (nSPS) is 12.0. The Bertz CT molecular complexity index is 74.5. The second-order valence-corrected chi connectivity index (χ2v) is 3.45. The van der Waals surface area contributed by atoms with Crippen LogP contribution in [0, 0.1) is 5.41 Å². The van der Waals surface area contributed by atoms with Gasteiger partial charge in [0, 0.05) is 0 Å². The van der Waals surface area contributed by atoms with Crippen molar-refractivity contribution in [3.8, 4) is 0 Å². The maximum absolute atomic E-state index is 11.6. The molecule has 0 radical (unpaired) electrons. The molecule has 0 spiro atoms. The Morgan fingerprint density at radius 2 is 1.00 bits per heavy atom. The Morgan fingerprint density at radius 1 is 0.909 bits per heavy atom. The molecule has 0 aliphatic carbocycles. The second kappa shape index (κ2) is 4.62. The van der Waals surface area contributed by atoms with Crippen LogP contribution in [0.3, 0.4) is 0 Å². The highest BCUT2D eigenvalue weighted by molar-refractivity contribution is 4.70. The molecule has 0 fully saturated rings. The number of hydrogen-bond donors (Lipinski definition) is 0. The minimum absolute atomic E-state index is 1.15. The molecule has 0 bridgehead atoms. The molecule has 3 heteroatoms. The van der Waals surface area contributed by atoms with Crippen LogP contribution >= 0.6 is 0 Å². The molecule has 11 heavy (non-hydrogen) atoms. The standard InChI is InChI=1S/C5H9F3.C3H8/c1-4(2,3)5(6,7)8;1-3-2/h1-3H3;3H2,1-2H3. The quantitative estimate of drug-likeness (QED) is 0.515. The molecule has 0 saturated heterocycles. The predicted octanol–water partition coefficient (Wildman–Crippen LogP) is 4.01. The zero-order valence-electron chi connectivity index (χ0n) is 7.84. The highest BCUT2D eigenvalue weighted by Crippen LogP contribution is 2.36. The molecular formula is C8H17F3. The van der Waals surface area contributed by atoms with Crippen molar-refractivity contribution in [3.05, 3.63) is 0 Å². The summed E-state index contributed by atoms with van der Waals surface area (Å²) >= 11 is 0. The van der Waals surface area contributed by atoms with Gasteiger partial charge in [-0.15, -0.1) is 0 Å². The third kappa shape index (κ3) is 7.69. The van der Waals surface area contributed by atoms with Crippen LogP contribution in [-0.4, -0.2) is 6.18 Å². The molecular weight excluding hydrogens is 153 g/mol. The van der Waals surface area contributed by atoms with Gasteiger partial charge >= 0.3 is 6.18 Å². The van der Waals surface area contributed by atoms with Crippen LogP contribution in [0.25, 0.3) is 0 Å². The van der Waals surface area contributed by atoms with Gasteiger partial charge in [-0.2, -0.15) is 13.2 Å². The number of alkyl halides is 3. The van der Waals surface area contributed by atoms with Crippen molar-refractivity contribution >= 4 is 0 Å². The van der Waals surface area contributed by atoms with E-state index in [9.17, 15) is 13.2 Å². The molecule has 0 atom stereocenters. The topological polar surface area (TPSA) is 0 Å². The van der Waals surface area contributed by atoms with Gasteiger partial charge in [0.25, 0.3) is 0 Å². The molecule has 0 aromatic carbocycles. The van der Waals surface area contributed by atoms with Gasteiger partial charge in [-0.3, -0.25) is 0 Å². The molecule has 0 aliphatic heterocycles. The molecule has 70 valence electrons. The largest absolute Gasteiger partial charge is 0.393 e. The predicted molar refractivity (Wildman–Crippen MR) is 41.5 cm³/mol. The number of hydrogen-bond acceptors (Lipinski definition) is 0. The monoisotopic (exact) mass is 170 g/mol. The van der Waals surface area contributed by atoms with Gasteiger partial charge in [0.05, 0.1) is 5.41 Å². The third-order valence-corrected chi connectivity index (χ3v) is 0.850. The van der Waals surface area contributed by atoms with Crippen LogP contribution in [0.4, 0.5) is 13.2 Å². The summed E-state index contributed by atoms with van der Waals surface area (Å²) in [5, 5.41) is 0. The molecule has 0 nitrogen and oxygen atoms in total. The van der Waals surface area contributed by atoms with Crippen LogP contribution < -0.4 is 0 Å². The van der Waals surface area contributed by atoms with E-state index in [4.69, 9.17) is 0 Å². The lowest BCUT2D eigenvalue weighted by molar-refractivity contribution is -0.204. The van der Waals surface area contributed by atoms with Crippen LogP contribution in [0.2, 0.25) is 0 Å². The first-order valence-corrected chi connectivity index (χ1v) is 3.73. The van der Waals surface area contributed by atoms with E-state index in [1.807, 2.05) is 0 Å². The third-order valence-electron chi connectivity index (χ3n) is 0.850. The summed E-state index contributed by atoms with van der Waals surface area (Å²) in [6.45, 7) is 7.69. The molecule has 0 aliphatic rings. The van der Waals surface area contributed by atoms with E-state index >= 15 is 0 Å². The summed E-state index contributed by atoms with van der Waals surface area (Å²) in [5.41, 5.74) is -1.56. The van der Waals surface area contributed by atoms with Gasteiger partial charge in [0.15, 0.2) is 0 Å². The van der Waals surface area contributed by atoms with E-state index in [0.717, 1.165) is 20.8 Å². The number of halogens is 3. The fraction of sp³-hybridized carbons (Fsp3) is 1.00. The molecule has 0 saturated carbocycles. The Labute approximate surface area is 66.8 Å². The number of rotatable bonds is 0. The molecule has 0 N–H and O–H groups in total.